The lowest BCUT2D eigenvalue weighted by Gasteiger charge is -2.14. The topological polar surface area (TPSA) is 81.8 Å². The monoisotopic (exact) mass is 459 g/mol. The maximum absolute atomic E-state index is 11.5. The van der Waals surface area contributed by atoms with Crippen LogP contribution in [0.25, 0.3) is 10.1 Å². The van der Waals surface area contributed by atoms with E-state index in [1.165, 1.54) is 12.8 Å². The van der Waals surface area contributed by atoms with Crippen molar-refractivity contribution in [3.8, 4) is 5.75 Å². The molecule has 0 saturated heterocycles. The van der Waals surface area contributed by atoms with Crippen molar-refractivity contribution in [2.45, 2.75) is 71.8 Å². The van der Waals surface area contributed by atoms with E-state index in [9.17, 15) is 9.90 Å². The molecule has 6 nitrogen and oxygen atoms in total. The number of nitrogens with zero attached hydrogens (tertiary/aromatic N) is 1. The van der Waals surface area contributed by atoms with Gasteiger partial charge in [-0.1, -0.05) is 25.8 Å². The van der Waals surface area contributed by atoms with E-state index in [-0.39, 0.29) is 0 Å². The second kappa shape index (κ2) is 12.0. The van der Waals surface area contributed by atoms with Gasteiger partial charge in [-0.15, -0.1) is 11.3 Å². The lowest BCUT2D eigenvalue weighted by molar-refractivity contribution is -0.149. The SMILES string of the molecule is CCCCCc1nc(CCCOc2ccc(CC(OCC)C(=O)O)c3sccc23)c(C)o1. The van der Waals surface area contributed by atoms with Gasteiger partial charge in [0, 0.05) is 29.5 Å². The second-order valence-electron chi connectivity index (χ2n) is 7.89. The highest BCUT2D eigenvalue weighted by molar-refractivity contribution is 7.17. The van der Waals surface area contributed by atoms with E-state index in [0.29, 0.717) is 19.6 Å². The van der Waals surface area contributed by atoms with Gasteiger partial charge >= 0.3 is 5.97 Å². The van der Waals surface area contributed by atoms with Crippen LogP contribution in [-0.2, 0) is 28.8 Å². The molecule has 3 rings (SSSR count). The molecule has 0 spiro atoms. The van der Waals surface area contributed by atoms with Crippen LogP contribution in [0, 0.1) is 6.92 Å². The third-order valence-electron chi connectivity index (χ3n) is 5.45. The third-order valence-corrected chi connectivity index (χ3v) is 6.44. The van der Waals surface area contributed by atoms with Gasteiger partial charge in [-0.25, -0.2) is 9.78 Å². The number of aromatic nitrogens is 1. The zero-order valence-corrected chi connectivity index (χ0v) is 20.0. The second-order valence-corrected chi connectivity index (χ2v) is 8.81. The first-order valence-electron chi connectivity index (χ1n) is 11.4. The maximum atomic E-state index is 11.5. The summed E-state index contributed by atoms with van der Waals surface area (Å²) in [5.74, 6) is 1.64. The zero-order valence-electron chi connectivity index (χ0n) is 19.2. The van der Waals surface area contributed by atoms with E-state index >= 15 is 0 Å². The number of oxazole rings is 1. The van der Waals surface area contributed by atoms with Crippen molar-refractivity contribution < 1.29 is 23.8 Å². The van der Waals surface area contributed by atoms with Crippen LogP contribution in [0.5, 0.6) is 5.75 Å². The molecule has 0 aliphatic heterocycles. The molecule has 0 bridgehead atoms. The van der Waals surface area contributed by atoms with Gasteiger partial charge < -0.3 is 19.0 Å². The van der Waals surface area contributed by atoms with Crippen molar-refractivity contribution in [2.75, 3.05) is 13.2 Å². The summed E-state index contributed by atoms with van der Waals surface area (Å²) in [6.45, 7) is 6.93. The first-order valence-corrected chi connectivity index (χ1v) is 12.3. The minimum Gasteiger partial charge on any atom is -0.493 e. The van der Waals surface area contributed by atoms with Crippen LogP contribution in [0.2, 0.25) is 0 Å². The Balaban J connectivity index is 1.57. The van der Waals surface area contributed by atoms with Crippen LogP contribution in [-0.4, -0.2) is 35.4 Å². The average Bonchev–Trinajstić information content (AvgIpc) is 3.39. The number of fused-ring (bicyclic) bond motifs is 1. The quantitative estimate of drug-likeness (QED) is 0.299. The van der Waals surface area contributed by atoms with Gasteiger partial charge in [0.15, 0.2) is 12.0 Å². The lowest BCUT2D eigenvalue weighted by Crippen LogP contribution is -2.26. The molecule has 0 radical (unpaired) electrons. The highest BCUT2D eigenvalue weighted by atomic mass is 32.1. The van der Waals surface area contributed by atoms with Crippen molar-refractivity contribution in [1.29, 1.82) is 0 Å². The van der Waals surface area contributed by atoms with Crippen LogP contribution in [0.1, 0.15) is 62.4 Å². The van der Waals surface area contributed by atoms with Gasteiger partial charge in [0.2, 0.25) is 0 Å². The number of benzene rings is 1. The Bertz CT molecular complexity index is 1010. The van der Waals surface area contributed by atoms with E-state index < -0.39 is 12.1 Å². The maximum Gasteiger partial charge on any atom is 0.333 e. The van der Waals surface area contributed by atoms with Crippen molar-refractivity contribution >= 4 is 27.4 Å². The van der Waals surface area contributed by atoms with Gasteiger partial charge in [-0.3, -0.25) is 0 Å². The van der Waals surface area contributed by atoms with Crippen molar-refractivity contribution in [1.82, 2.24) is 4.98 Å². The summed E-state index contributed by atoms with van der Waals surface area (Å²) in [5, 5.41) is 12.4. The van der Waals surface area contributed by atoms with Crippen LogP contribution in [0.4, 0.5) is 0 Å². The highest BCUT2D eigenvalue weighted by Crippen LogP contribution is 2.34. The minimum atomic E-state index is -0.937. The number of hydrogen-bond donors (Lipinski definition) is 1. The van der Waals surface area contributed by atoms with E-state index in [0.717, 1.165) is 64.4 Å². The molecule has 174 valence electrons. The Labute approximate surface area is 193 Å². The zero-order chi connectivity index (χ0) is 22.9. The number of rotatable bonds is 14. The van der Waals surface area contributed by atoms with E-state index in [4.69, 9.17) is 13.9 Å². The fourth-order valence-corrected chi connectivity index (χ4v) is 4.71. The normalized spacial score (nSPS) is 12.3. The molecule has 0 amide bonds. The number of carboxylic acid groups (broad SMARTS) is 1. The van der Waals surface area contributed by atoms with Gasteiger partial charge in [0.05, 0.1) is 12.3 Å². The molecule has 3 aromatic rings. The van der Waals surface area contributed by atoms with Crippen LogP contribution in [0.3, 0.4) is 0 Å². The molecule has 7 heteroatoms. The van der Waals surface area contributed by atoms with Gasteiger partial charge in [0.25, 0.3) is 0 Å². The summed E-state index contributed by atoms with van der Waals surface area (Å²) in [4.78, 5) is 16.1. The summed E-state index contributed by atoms with van der Waals surface area (Å²) in [6, 6.07) is 5.91. The number of hydrogen-bond acceptors (Lipinski definition) is 6. The molecule has 0 aliphatic rings. The van der Waals surface area contributed by atoms with Crippen molar-refractivity contribution in [3.05, 3.63) is 46.5 Å². The molecule has 1 N–H and O–H groups in total. The number of aryl methyl sites for hydroxylation is 3. The number of carbonyl (C=O) groups is 1. The Morgan fingerprint density at radius 3 is 2.78 bits per heavy atom. The fourth-order valence-electron chi connectivity index (χ4n) is 3.77. The molecule has 1 aromatic carbocycles. The Kier molecular flexibility index (Phi) is 9.11. The third kappa shape index (κ3) is 6.33. The molecule has 2 heterocycles. The van der Waals surface area contributed by atoms with Gasteiger partial charge in [0.1, 0.15) is 11.5 Å². The highest BCUT2D eigenvalue weighted by Gasteiger charge is 2.20. The molecular formula is C25H33NO5S. The predicted octanol–water partition coefficient (Wildman–Crippen LogP) is 5.97. The largest absolute Gasteiger partial charge is 0.493 e. The molecule has 32 heavy (non-hydrogen) atoms. The lowest BCUT2D eigenvalue weighted by atomic mass is 10.1. The van der Waals surface area contributed by atoms with Crippen LogP contribution >= 0.6 is 11.3 Å². The Hall–Kier alpha value is -2.38. The molecule has 0 saturated carbocycles. The molecule has 0 aliphatic carbocycles. The Morgan fingerprint density at radius 1 is 1.19 bits per heavy atom. The van der Waals surface area contributed by atoms with E-state index in [2.05, 4.69) is 11.9 Å². The molecule has 1 atom stereocenters. The predicted molar refractivity (Wildman–Crippen MR) is 127 cm³/mol. The molecule has 2 aromatic heterocycles. The average molecular weight is 460 g/mol. The first kappa shape index (κ1) is 24.3. The number of aliphatic carboxylic acids is 1. The Morgan fingerprint density at radius 2 is 2.03 bits per heavy atom. The first-order chi connectivity index (χ1) is 15.5. The van der Waals surface area contributed by atoms with E-state index in [1.54, 1.807) is 18.3 Å². The van der Waals surface area contributed by atoms with Gasteiger partial charge in [-0.05, 0) is 56.2 Å². The van der Waals surface area contributed by atoms with Gasteiger partial charge in [-0.2, -0.15) is 0 Å². The minimum absolute atomic E-state index is 0.340. The summed E-state index contributed by atoms with van der Waals surface area (Å²) in [7, 11) is 0. The summed E-state index contributed by atoms with van der Waals surface area (Å²) >= 11 is 1.60. The van der Waals surface area contributed by atoms with Crippen LogP contribution in [0.15, 0.2) is 28.0 Å². The van der Waals surface area contributed by atoms with Crippen LogP contribution < -0.4 is 4.74 Å². The fraction of sp³-hybridized carbons (Fsp3) is 0.520. The smallest absolute Gasteiger partial charge is 0.333 e. The summed E-state index contributed by atoms with van der Waals surface area (Å²) in [6.07, 6.45) is 5.58. The number of thiophene rings is 1. The summed E-state index contributed by atoms with van der Waals surface area (Å²) in [5.41, 5.74) is 1.99. The summed E-state index contributed by atoms with van der Waals surface area (Å²) < 4.78 is 18.3. The number of carboxylic acids is 1. The van der Waals surface area contributed by atoms with Crippen molar-refractivity contribution in [2.24, 2.45) is 0 Å². The molecule has 0 fully saturated rings. The molecule has 1 unspecified atom stereocenters. The number of unbranched alkanes of at least 4 members (excludes halogenated alkanes) is 2. The standard InChI is InChI=1S/C25H33NO5S/c1-4-6-7-10-23-26-20(17(3)31-23)9-8-14-30-21-12-11-18(24-19(21)13-15-32-24)16-22(25(27)28)29-5-2/h11-13,15,22H,4-10,14,16H2,1-3H3,(H,27,28). The molecular weight excluding hydrogens is 426 g/mol. The number of ether oxygens (including phenoxy) is 2. The van der Waals surface area contributed by atoms with E-state index in [1.807, 2.05) is 30.5 Å². The van der Waals surface area contributed by atoms with Crippen molar-refractivity contribution in [3.63, 3.8) is 0 Å².